The molecule has 0 heterocycles. The summed E-state index contributed by atoms with van der Waals surface area (Å²) >= 11 is 0. The Bertz CT molecular complexity index is 550. The van der Waals surface area contributed by atoms with E-state index >= 15 is 0 Å². The average Bonchev–Trinajstić information content (AvgIpc) is 2.42. The van der Waals surface area contributed by atoms with Crippen molar-refractivity contribution in [1.29, 1.82) is 0 Å². The number of benzene rings is 1. The van der Waals surface area contributed by atoms with Gasteiger partial charge in [-0.05, 0) is 38.8 Å². The van der Waals surface area contributed by atoms with Crippen LogP contribution in [0.4, 0.5) is 10.5 Å². The Balaban J connectivity index is 2.88. The van der Waals surface area contributed by atoms with Gasteiger partial charge in [-0.25, -0.2) is 4.79 Å². The number of anilines is 1. The van der Waals surface area contributed by atoms with Gasteiger partial charge in [-0.1, -0.05) is 26.0 Å². The second-order valence-electron chi connectivity index (χ2n) is 6.68. The van der Waals surface area contributed by atoms with Crippen molar-refractivity contribution in [2.75, 3.05) is 11.9 Å². The van der Waals surface area contributed by atoms with Crippen molar-refractivity contribution in [3.05, 3.63) is 29.8 Å². The summed E-state index contributed by atoms with van der Waals surface area (Å²) in [5.41, 5.74) is 0.0538. The van der Waals surface area contributed by atoms with Crippen molar-refractivity contribution in [2.24, 2.45) is 5.92 Å². The standard InChI is InChI=1S/C17H26N2O4/c1-11(2)14(10-20)18-15(21)12-8-6-7-9-13(12)19-16(22)23-17(3,4)5/h6-9,11,14,20H,10H2,1-5H3,(H,18,21)(H,19,22)/t14-/m1/s1. The molecule has 0 radical (unpaired) electrons. The van der Waals surface area contributed by atoms with Gasteiger partial charge in [-0.15, -0.1) is 0 Å². The first-order valence-electron chi connectivity index (χ1n) is 7.65. The smallest absolute Gasteiger partial charge is 0.412 e. The second-order valence-corrected chi connectivity index (χ2v) is 6.68. The Hall–Kier alpha value is -2.08. The number of rotatable bonds is 5. The number of carbonyl (C=O) groups is 2. The molecule has 0 spiro atoms. The third-order valence-electron chi connectivity index (χ3n) is 3.13. The van der Waals surface area contributed by atoms with Gasteiger partial charge < -0.3 is 15.2 Å². The summed E-state index contributed by atoms with van der Waals surface area (Å²) in [7, 11) is 0. The molecule has 1 aromatic carbocycles. The minimum atomic E-state index is -0.625. The van der Waals surface area contributed by atoms with E-state index in [2.05, 4.69) is 10.6 Å². The fourth-order valence-corrected chi connectivity index (χ4v) is 1.87. The van der Waals surface area contributed by atoms with Crippen molar-refractivity contribution in [1.82, 2.24) is 5.32 Å². The lowest BCUT2D eigenvalue weighted by Gasteiger charge is -2.22. The third-order valence-corrected chi connectivity index (χ3v) is 3.13. The van der Waals surface area contributed by atoms with Crippen LogP contribution in [-0.2, 0) is 4.74 Å². The van der Waals surface area contributed by atoms with E-state index < -0.39 is 11.7 Å². The van der Waals surface area contributed by atoms with Crippen LogP contribution in [0.15, 0.2) is 24.3 Å². The molecule has 0 aliphatic carbocycles. The van der Waals surface area contributed by atoms with Gasteiger partial charge in [-0.3, -0.25) is 10.1 Å². The Morgan fingerprint density at radius 2 is 1.83 bits per heavy atom. The van der Waals surface area contributed by atoms with Crippen LogP contribution in [-0.4, -0.2) is 35.4 Å². The van der Waals surface area contributed by atoms with Gasteiger partial charge in [0.15, 0.2) is 0 Å². The number of aliphatic hydroxyl groups is 1. The maximum absolute atomic E-state index is 12.4. The van der Waals surface area contributed by atoms with Gasteiger partial charge >= 0.3 is 6.09 Å². The van der Waals surface area contributed by atoms with Gasteiger partial charge in [0.1, 0.15) is 5.60 Å². The van der Waals surface area contributed by atoms with Crippen molar-refractivity contribution in [3.63, 3.8) is 0 Å². The Morgan fingerprint density at radius 3 is 2.35 bits per heavy atom. The molecule has 0 aliphatic heterocycles. The number of hydrogen-bond donors (Lipinski definition) is 3. The predicted molar refractivity (Wildman–Crippen MR) is 89.5 cm³/mol. The summed E-state index contributed by atoms with van der Waals surface area (Å²) in [4.78, 5) is 24.3. The first kappa shape index (κ1) is 19.0. The summed E-state index contributed by atoms with van der Waals surface area (Å²) in [6, 6.07) is 6.31. The van der Waals surface area contributed by atoms with Crippen LogP contribution in [0.25, 0.3) is 0 Å². The van der Waals surface area contributed by atoms with Crippen LogP contribution < -0.4 is 10.6 Å². The van der Waals surface area contributed by atoms with Crippen molar-refractivity contribution in [3.8, 4) is 0 Å². The topological polar surface area (TPSA) is 87.7 Å². The van der Waals surface area contributed by atoms with E-state index in [1.54, 1.807) is 45.0 Å². The molecule has 0 aliphatic rings. The number of hydrogen-bond acceptors (Lipinski definition) is 4. The molecule has 6 nitrogen and oxygen atoms in total. The zero-order valence-corrected chi connectivity index (χ0v) is 14.3. The molecule has 1 aromatic rings. The number of nitrogens with one attached hydrogen (secondary N) is 2. The minimum Gasteiger partial charge on any atom is -0.444 e. The molecule has 0 saturated heterocycles. The van der Waals surface area contributed by atoms with Crippen molar-refractivity contribution >= 4 is 17.7 Å². The van der Waals surface area contributed by atoms with Gasteiger partial charge in [-0.2, -0.15) is 0 Å². The number of carbonyl (C=O) groups excluding carboxylic acids is 2. The SMILES string of the molecule is CC(C)[C@@H](CO)NC(=O)c1ccccc1NC(=O)OC(C)(C)C. The molecule has 23 heavy (non-hydrogen) atoms. The van der Waals surface area contributed by atoms with E-state index in [0.29, 0.717) is 11.3 Å². The molecule has 128 valence electrons. The van der Waals surface area contributed by atoms with Crippen LogP contribution in [0, 0.1) is 5.92 Å². The molecule has 0 bridgehead atoms. The van der Waals surface area contributed by atoms with Gasteiger partial charge in [0.25, 0.3) is 5.91 Å². The summed E-state index contributed by atoms with van der Waals surface area (Å²) < 4.78 is 5.20. The number of para-hydroxylation sites is 1. The largest absolute Gasteiger partial charge is 0.444 e. The number of ether oxygens (including phenoxy) is 1. The monoisotopic (exact) mass is 322 g/mol. The second kappa shape index (κ2) is 7.97. The van der Waals surface area contributed by atoms with Crippen LogP contribution in [0.3, 0.4) is 0 Å². The molecule has 1 atom stereocenters. The van der Waals surface area contributed by atoms with E-state index in [9.17, 15) is 14.7 Å². The van der Waals surface area contributed by atoms with Gasteiger partial charge in [0.05, 0.1) is 23.9 Å². The Kier molecular flexibility index (Phi) is 6.57. The first-order valence-corrected chi connectivity index (χ1v) is 7.65. The van der Waals surface area contributed by atoms with Crippen molar-refractivity contribution in [2.45, 2.75) is 46.3 Å². The fraction of sp³-hybridized carbons (Fsp3) is 0.529. The van der Waals surface area contributed by atoms with Crippen molar-refractivity contribution < 1.29 is 19.4 Å². The third kappa shape index (κ3) is 6.28. The van der Waals surface area contributed by atoms with Gasteiger partial charge in [0, 0.05) is 0 Å². The highest BCUT2D eigenvalue weighted by molar-refractivity contribution is 6.02. The highest BCUT2D eigenvalue weighted by atomic mass is 16.6. The maximum atomic E-state index is 12.4. The summed E-state index contributed by atoms with van der Waals surface area (Å²) in [6.45, 7) is 8.96. The van der Waals surface area contributed by atoms with Crippen LogP contribution in [0.1, 0.15) is 45.0 Å². The highest BCUT2D eigenvalue weighted by Gasteiger charge is 2.21. The molecule has 0 saturated carbocycles. The fourth-order valence-electron chi connectivity index (χ4n) is 1.87. The molecule has 2 amide bonds. The molecule has 0 unspecified atom stereocenters. The molecule has 6 heteroatoms. The lowest BCUT2D eigenvalue weighted by Crippen LogP contribution is -2.41. The first-order chi connectivity index (χ1) is 10.6. The Labute approximate surface area is 137 Å². The molecular formula is C17H26N2O4. The average molecular weight is 322 g/mol. The number of amides is 2. The van der Waals surface area contributed by atoms with Crippen LogP contribution >= 0.6 is 0 Å². The maximum Gasteiger partial charge on any atom is 0.412 e. The van der Waals surface area contributed by atoms with Crippen LogP contribution in [0.5, 0.6) is 0 Å². The van der Waals surface area contributed by atoms with E-state index in [-0.39, 0.29) is 24.5 Å². The quantitative estimate of drug-likeness (QED) is 0.778. The summed E-state index contributed by atoms with van der Waals surface area (Å²) in [5.74, 6) is -0.265. The normalized spacial score (nSPS) is 12.7. The molecular weight excluding hydrogens is 296 g/mol. The van der Waals surface area contributed by atoms with E-state index in [1.807, 2.05) is 13.8 Å². The Morgan fingerprint density at radius 1 is 1.22 bits per heavy atom. The molecule has 3 N–H and O–H groups in total. The summed E-state index contributed by atoms with van der Waals surface area (Å²) in [6.07, 6.45) is -0.625. The predicted octanol–water partition coefficient (Wildman–Crippen LogP) is 2.78. The van der Waals surface area contributed by atoms with Crippen LogP contribution in [0.2, 0.25) is 0 Å². The lowest BCUT2D eigenvalue weighted by molar-refractivity contribution is 0.0636. The molecule has 0 fully saturated rings. The molecule has 1 rings (SSSR count). The zero-order valence-electron chi connectivity index (χ0n) is 14.3. The van der Waals surface area contributed by atoms with E-state index in [0.717, 1.165) is 0 Å². The summed E-state index contributed by atoms with van der Waals surface area (Å²) in [5, 5.41) is 14.7. The highest BCUT2D eigenvalue weighted by Crippen LogP contribution is 2.17. The van der Waals surface area contributed by atoms with E-state index in [1.165, 1.54) is 0 Å². The van der Waals surface area contributed by atoms with E-state index in [4.69, 9.17) is 4.74 Å². The van der Waals surface area contributed by atoms with Gasteiger partial charge in [0.2, 0.25) is 0 Å². The zero-order chi connectivity index (χ0) is 17.6. The molecule has 0 aromatic heterocycles. The lowest BCUT2D eigenvalue weighted by atomic mass is 10.0. The minimum absolute atomic E-state index is 0.0925. The number of aliphatic hydroxyl groups excluding tert-OH is 1.